The second-order valence-electron chi connectivity index (χ2n) is 5.22. The third-order valence-electron chi connectivity index (χ3n) is 3.48. The first-order valence-electron chi connectivity index (χ1n) is 6.22. The molecular weight excluding hydrogens is 246 g/mol. The lowest BCUT2D eigenvalue weighted by Crippen LogP contribution is -2.41. The van der Waals surface area contributed by atoms with Crippen molar-refractivity contribution in [3.05, 3.63) is 34.9 Å². The number of aromatic carboxylic acids is 1. The fourth-order valence-electron chi connectivity index (χ4n) is 2.61. The maximum Gasteiger partial charge on any atom is 0.335 e. The summed E-state index contributed by atoms with van der Waals surface area (Å²) in [5.74, 6) is -1.79. The smallest absolute Gasteiger partial charge is 0.335 e. The standard InChI is InChI=1S/C14H17NO4/c1-8(2)12(14(18)19)15-6-10-4-3-9(13(16)17)5-11(10)7-15/h3-5,8,12H,6-7H2,1-2H3,(H,16,17)(H,18,19). The average Bonchev–Trinajstić information content (AvgIpc) is 2.69. The summed E-state index contributed by atoms with van der Waals surface area (Å²) in [6.07, 6.45) is 0. The van der Waals surface area contributed by atoms with Gasteiger partial charge in [0.15, 0.2) is 0 Å². The lowest BCUT2D eigenvalue weighted by Gasteiger charge is -2.26. The Hall–Kier alpha value is -1.88. The van der Waals surface area contributed by atoms with E-state index in [0.717, 1.165) is 11.1 Å². The number of aliphatic carboxylic acids is 1. The number of carboxylic acids is 2. The molecule has 0 radical (unpaired) electrons. The van der Waals surface area contributed by atoms with Gasteiger partial charge in [0, 0.05) is 13.1 Å². The lowest BCUT2D eigenvalue weighted by molar-refractivity contribution is -0.145. The van der Waals surface area contributed by atoms with E-state index < -0.39 is 18.0 Å². The molecule has 102 valence electrons. The molecule has 19 heavy (non-hydrogen) atoms. The Balaban J connectivity index is 2.24. The molecular formula is C14H17NO4. The van der Waals surface area contributed by atoms with E-state index in [2.05, 4.69) is 0 Å². The molecule has 1 aliphatic rings. The minimum absolute atomic E-state index is 0.00533. The van der Waals surface area contributed by atoms with E-state index >= 15 is 0 Å². The number of carboxylic acid groups (broad SMARTS) is 2. The van der Waals surface area contributed by atoms with E-state index in [1.807, 2.05) is 18.7 Å². The highest BCUT2D eigenvalue weighted by Gasteiger charge is 2.33. The van der Waals surface area contributed by atoms with E-state index in [9.17, 15) is 14.7 Å². The predicted molar refractivity (Wildman–Crippen MR) is 68.9 cm³/mol. The average molecular weight is 263 g/mol. The zero-order valence-corrected chi connectivity index (χ0v) is 11.0. The Morgan fingerprint density at radius 2 is 1.79 bits per heavy atom. The second kappa shape index (κ2) is 5.01. The van der Waals surface area contributed by atoms with Crippen LogP contribution in [0.15, 0.2) is 18.2 Å². The molecule has 1 atom stereocenters. The third-order valence-corrected chi connectivity index (χ3v) is 3.48. The normalized spacial score (nSPS) is 16.4. The van der Waals surface area contributed by atoms with Crippen LogP contribution in [0.1, 0.15) is 35.3 Å². The maximum absolute atomic E-state index is 11.3. The first-order chi connectivity index (χ1) is 8.90. The van der Waals surface area contributed by atoms with E-state index in [1.165, 1.54) is 0 Å². The summed E-state index contributed by atoms with van der Waals surface area (Å²) in [7, 11) is 0. The number of hydrogen-bond donors (Lipinski definition) is 2. The van der Waals surface area contributed by atoms with Crippen LogP contribution >= 0.6 is 0 Å². The van der Waals surface area contributed by atoms with Crippen molar-refractivity contribution in [3.8, 4) is 0 Å². The highest BCUT2D eigenvalue weighted by Crippen LogP contribution is 2.28. The van der Waals surface area contributed by atoms with Gasteiger partial charge in [-0.2, -0.15) is 0 Å². The Morgan fingerprint density at radius 1 is 1.16 bits per heavy atom. The number of hydrogen-bond acceptors (Lipinski definition) is 3. The molecule has 5 heteroatoms. The summed E-state index contributed by atoms with van der Waals surface area (Å²) in [6, 6.07) is 4.44. The van der Waals surface area contributed by atoms with Crippen LogP contribution < -0.4 is 0 Å². The fraction of sp³-hybridized carbons (Fsp3) is 0.429. The molecule has 0 fully saturated rings. The SMILES string of the molecule is CC(C)C(C(=O)O)N1Cc2ccc(C(=O)O)cc2C1. The topological polar surface area (TPSA) is 77.8 Å². The Morgan fingerprint density at radius 3 is 2.32 bits per heavy atom. The van der Waals surface area contributed by atoms with E-state index in [0.29, 0.717) is 13.1 Å². The van der Waals surface area contributed by atoms with Gasteiger partial charge in [-0.05, 0) is 29.2 Å². The van der Waals surface area contributed by atoms with Crippen LogP contribution in [0.3, 0.4) is 0 Å². The Bertz CT molecular complexity index is 524. The van der Waals surface area contributed by atoms with Gasteiger partial charge in [-0.3, -0.25) is 9.69 Å². The highest BCUT2D eigenvalue weighted by molar-refractivity contribution is 5.88. The van der Waals surface area contributed by atoms with Crippen molar-refractivity contribution in [2.75, 3.05) is 0 Å². The van der Waals surface area contributed by atoms with E-state index in [4.69, 9.17) is 5.11 Å². The van der Waals surface area contributed by atoms with Crippen LogP contribution in [-0.2, 0) is 17.9 Å². The zero-order chi connectivity index (χ0) is 14.2. The van der Waals surface area contributed by atoms with Crippen LogP contribution in [0, 0.1) is 5.92 Å². The van der Waals surface area contributed by atoms with Crippen LogP contribution in [0.25, 0.3) is 0 Å². The van der Waals surface area contributed by atoms with E-state index in [-0.39, 0.29) is 11.5 Å². The molecule has 0 amide bonds. The molecule has 2 rings (SSSR count). The maximum atomic E-state index is 11.3. The second-order valence-corrected chi connectivity index (χ2v) is 5.22. The van der Waals surface area contributed by atoms with Crippen molar-refractivity contribution < 1.29 is 19.8 Å². The molecule has 0 saturated heterocycles. The lowest BCUT2D eigenvalue weighted by atomic mass is 10.0. The molecule has 5 nitrogen and oxygen atoms in total. The largest absolute Gasteiger partial charge is 0.480 e. The van der Waals surface area contributed by atoms with Gasteiger partial charge in [0.1, 0.15) is 6.04 Å². The minimum Gasteiger partial charge on any atom is -0.480 e. The van der Waals surface area contributed by atoms with Crippen LogP contribution in [0.5, 0.6) is 0 Å². The number of carbonyl (C=O) groups is 2. The quantitative estimate of drug-likeness (QED) is 0.866. The van der Waals surface area contributed by atoms with Gasteiger partial charge in [0.2, 0.25) is 0 Å². The summed E-state index contributed by atoms with van der Waals surface area (Å²) >= 11 is 0. The van der Waals surface area contributed by atoms with Crippen molar-refractivity contribution in [2.24, 2.45) is 5.92 Å². The summed E-state index contributed by atoms with van der Waals surface area (Å²) in [4.78, 5) is 24.1. The number of fused-ring (bicyclic) bond motifs is 1. The zero-order valence-electron chi connectivity index (χ0n) is 11.0. The van der Waals surface area contributed by atoms with Crippen molar-refractivity contribution in [3.63, 3.8) is 0 Å². The van der Waals surface area contributed by atoms with Gasteiger partial charge < -0.3 is 10.2 Å². The van der Waals surface area contributed by atoms with Gasteiger partial charge in [-0.25, -0.2) is 4.79 Å². The molecule has 1 aliphatic heterocycles. The van der Waals surface area contributed by atoms with Gasteiger partial charge >= 0.3 is 11.9 Å². The van der Waals surface area contributed by atoms with Crippen molar-refractivity contribution in [2.45, 2.75) is 33.0 Å². The molecule has 0 spiro atoms. The van der Waals surface area contributed by atoms with Gasteiger partial charge in [0.25, 0.3) is 0 Å². The molecule has 1 heterocycles. The summed E-state index contributed by atoms with van der Waals surface area (Å²) in [6.45, 7) is 4.81. The molecule has 1 unspecified atom stereocenters. The van der Waals surface area contributed by atoms with Gasteiger partial charge in [0.05, 0.1) is 5.56 Å². The van der Waals surface area contributed by atoms with Gasteiger partial charge in [-0.1, -0.05) is 19.9 Å². The van der Waals surface area contributed by atoms with Gasteiger partial charge in [-0.15, -0.1) is 0 Å². The number of rotatable bonds is 4. The molecule has 0 bridgehead atoms. The first-order valence-corrected chi connectivity index (χ1v) is 6.22. The van der Waals surface area contributed by atoms with Crippen LogP contribution in [0.2, 0.25) is 0 Å². The van der Waals surface area contributed by atoms with Crippen molar-refractivity contribution in [1.29, 1.82) is 0 Å². The van der Waals surface area contributed by atoms with Crippen molar-refractivity contribution >= 4 is 11.9 Å². The summed E-state index contributed by atoms with van der Waals surface area (Å²) < 4.78 is 0. The Kier molecular flexibility index (Phi) is 3.57. The first kappa shape index (κ1) is 13.5. The van der Waals surface area contributed by atoms with Crippen LogP contribution in [-0.4, -0.2) is 33.1 Å². The molecule has 0 aromatic heterocycles. The molecule has 2 N–H and O–H groups in total. The van der Waals surface area contributed by atoms with E-state index in [1.54, 1.807) is 18.2 Å². The molecule has 0 aliphatic carbocycles. The predicted octanol–water partition coefficient (Wildman–Crippen LogP) is 1.81. The minimum atomic E-state index is -0.958. The monoisotopic (exact) mass is 263 g/mol. The fourth-order valence-corrected chi connectivity index (χ4v) is 2.61. The summed E-state index contributed by atoms with van der Waals surface area (Å²) in [5.41, 5.74) is 2.17. The third kappa shape index (κ3) is 2.61. The number of benzene rings is 1. The molecule has 1 aromatic rings. The summed E-state index contributed by atoms with van der Waals surface area (Å²) in [5, 5.41) is 18.3. The molecule has 1 aromatic carbocycles. The number of nitrogens with zero attached hydrogens (tertiary/aromatic N) is 1. The van der Waals surface area contributed by atoms with Crippen molar-refractivity contribution in [1.82, 2.24) is 4.90 Å². The highest BCUT2D eigenvalue weighted by atomic mass is 16.4. The van der Waals surface area contributed by atoms with Crippen LogP contribution in [0.4, 0.5) is 0 Å². The molecule has 0 saturated carbocycles. The Labute approximate surface area is 111 Å².